The van der Waals surface area contributed by atoms with Gasteiger partial charge < -0.3 is 20.8 Å². The molecule has 1 atom stereocenters. The molecule has 0 fully saturated rings. The number of hydrogen-bond donors (Lipinski definition) is 5. The van der Waals surface area contributed by atoms with Crippen molar-refractivity contribution in [2.75, 3.05) is 20.1 Å². The van der Waals surface area contributed by atoms with Crippen molar-refractivity contribution in [3.05, 3.63) is 29.6 Å². The van der Waals surface area contributed by atoms with Crippen molar-refractivity contribution in [1.29, 1.82) is 0 Å². The largest absolute Gasteiger partial charge is 0.480 e. The summed E-state index contributed by atoms with van der Waals surface area (Å²) < 4.78 is 13.9. The molecule has 0 saturated heterocycles. The highest BCUT2D eigenvalue weighted by Crippen LogP contribution is 2.07. The molecule has 9 nitrogen and oxygen atoms in total. The van der Waals surface area contributed by atoms with E-state index in [0.717, 1.165) is 6.07 Å². The third-order valence-corrected chi connectivity index (χ3v) is 3.91. The lowest BCUT2D eigenvalue weighted by Gasteiger charge is -2.17. The fourth-order valence-electron chi connectivity index (χ4n) is 2.36. The minimum atomic E-state index is -0.932. The third kappa shape index (κ3) is 7.33. The number of nitrogens with zero attached hydrogens (tertiary/aromatic N) is 1. The molecule has 0 heterocycles. The first-order chi connectivity index (χ1) is 12.8. The molecule has 27 heavy (non-hydrogen) atoms. The number of benzene rings is 1. The number of hydrazine groups is 1. The summed E-state index contributed by atoms with van der Waals surface area (Å²) in [5.74, 6) is 2.41. The van der Waals surface area contributed by atoms with Gasteiger partial charge >= 0.3 is 13.5 Å². The Morgan fingerprint density at radius 3 is 2.59 bits per heavy atom. The van der Waals surface area contributed by atoms with Crippen LogP contribution in [-0.4, -0.2) is 66.6 Å². The number of carboxylic acids is 1. The molecule has 0 aromatic heterocycles. The van der Waals surface area contributed by atoms with Gasteiger partial charge in [-0.1, -0.05) is 11.5 Å². The Hall–Kier alpha value is -2.50. The maximum Gasteiger partial charge on any atom is 0.320 e. The van der Waals surface area contributed by atoms with Gasteiger partial charge in [0.1, 0.15) is 18.4 Å². The normalized spacial score (nSPS) is 11.6. The van der Waals surface area contributed by atoms with Crippen LogP contribution in [0.15, 0.2) is 18.2 Å². The zero-order valence-corrected chi connectivity index (χ0v) is 15.1. The maximum absolute atomic E-state index is 13.9. The van der Waals surface area contributed by atoms with E-state index in [1.165, 1.54) is 12.1 Å². The van der Waals surface area contributed by atoms with Crippen LogP contribution in [0.5, 0.6) is 0 Å². The van der Waals surface area contributed by atoms with E-state index < -0.39 is 36.2 Å². The van der Waals surface area contributed by atoms with Gasteiger partial charge in [-0.2, -0.15) is 0 Å². The molecule has 0 aliphatic rings. The number of nitrogens with one attached hydrogen (secondary N) is 2. The number of carboxylic acid groups (broad SMARTS) is 1. The topological polar surface area (TPSA) is 145 Å². The number of carbonyl (C=O) groups excluding carboxylic acids is 2. The summed E-state index contributed by atoms with van der Waals surface area (Å²) in [6.07, 6.45) is 1.57. The van der Waals surface area contributed by atoms with Crippen molar-refractivity contribution in [3.63, 3.8) is 0 Å². The average Bonchev–Trinajstić information content (AvgIpc) is 2.63. The van der Waals surface area contributed by atoms with Crippen LogP contribution in [0.2, 0.25) is 0 Å². The minimum Gasteiger partial charge on any atom is -0.480 e. The number of unbranched alkanes of at least 4 members (excludes halogenated alkanes) is 1. The molecule has 148 valence electrons. The second-order valence-electron chi connectivity index (χ2n) is 5.93. The average molecular weight is 382 g/mol. The van der Waals surface area contributed by atoms with Crippen LogP contribution in [0.1, 0.15) is 29.6 Å². The SMILES string of the molecule is CN[C@@H](CCCCNC(=O)CN(N)C(=O)c1ccc(BO)cc1F)C(=O)O. The van der Waals surface area contributed by atoms with Crippen LogP contribution in [0, 0.1) is 5.82 Å². The molecule has 6 N–H and O–H groups in total. The van der Waals surface area contributed by atoms with Gasteiger partial charge in [-0.05, 0) is 38.4 Å². The van der Waals surface area contributed by atoms with Crippen molar-refractivity contribution in [2.24, 2.45) is 5.84 Å². The van der Waals surface area contributed by atoms with Crippen molar-refractivity contribution in [2.45, 2.75) is 25.3 Å². The molecular weight excluding hydrogens is 358 g/mol. The second kappa shape index (κ2) is 11.3. The Morgan fingerprint density at radius 1 is 1.33 bits per heavy atom. The lowest BCUT2D eigenvalue weighted by Crippen LogP contribution is -2.45. The quantitative estimate of drug-likeness (QED) is 0.0985. The Labute approximate surface area is 157 Å². The van der Waals surface area contributed by atoms with Gasteiger partial charge in [0.25, 0.3) is 5.91 Å². The van der Waals surface area contributed by atoms with E-state index in [0.29, 0.717) is 36.3 Å². The monoisotopic (exact) mass is 382 g/mol. The molecule has 1 aromatic carbocycles. The van der Waals surface area contributed by atoms with Crippen LogP contribution in [-0.2, 0) is 9.59 Å². The molecule has 0 saturated carbocycles. The predicted octanol–water partition coefficient (Wildman–Crippen LogP) is -1.93. The van der Waals surface area contributed by atoms with Crippen LogP contribution in [0.3, 0.4) is 0 Å². The van der Waals surface area contributed by atoms with Gasteiger partial charge in [0.15, 0.2) is 0 Å². The summed E-state index contributed by atoms with van der Waals surface area (Å²) in [6.45, 7) is -0.148. The van der Waals surface area contributed by atoms with E-state index >= 15 is 0 Å². The van der Waals surface area contributed by atoms with E-state index in [-0.39, 0.29) is 13.0 Å². The zero-order chi connectivity index (χ0) is 20.4. The van der Waals surface area contributed by atoms with Crippen LogP contribution in [0.4, 0.5) is 4.39 Å². The van der Waals surface area contributed by atoms with Gasteiger partial charge in [0, 0.05) is 6.54 Å². The Morgan fingerprint density at radius 2 is 2.04 bits per heavy atom. The van der Waals surface area contributed by atoms with E-state index in [2.05, 4.69) is 10.6 Å². The Balaban J connectivity index is 2.39. The molecular formula is C16H24BFN4O5. The first kappa shape index (κ1) is 22.5. The molecule has 0 spiro atoms. The van der Waals surface area contributed by atoms with Crippen LogP contribution < -0.4 is 21.9 Å². The summed E-state index contributed by atoms with van der Waals surface area (Å²) >= 11 is 0. The standard InChI is InChI=1S/C16H24BFN4O5/c1-20-13(16(25)26)4-2-3-7-21-14(23)9-22(19)15(24)11-6-5-10(17-27)8-12(11)18/h5-6,8,13,17,20,27H,2-4,7,9,19H2,1H3,(H,21,23)(H,25,26)/t13-/m0/s1. The molecule has 0 aliphatic heterocycles. The fourth-order valence-corrected chi connectivity index (χ4v) is 2.36. The van der Waals surface area contributed by atoms with Gasteiger partial charge in [0.05, 0.1) is 5.56 Å². The van der Waals surface area contributed by atoms with E-state index in [4.69, 9.17) is 16.0 Å². The lowest BCUT2D eigenvalue weighted by atomic mass is 9.88. The number of rotatable bonds is 11. The second-order valence-corrected chi connectivity index (χ2v) is 5.93. The number of aliphatic carboxylic acids is 1. The van der Waals surface area contributed by atoms with Gasteiger partial charge in [-0.3, -0.25) is 19.4 Å². The Bertz CT molecular complexity index is 676. The first-order valence-electron chi connectivity index (χ1n) is 8.42. The minimum absolute atomic E-state index is 0.297. The van der Waals surface area contributed by atoms with E-state index in [1.54, 1.807) is 7.05 Å². The lowest BCUT2D eigenvalue weighted by molar-refractivity contribution is -0.139. The van der Waals surface area contributed by atoms with Crippen molar-refractivity contribution in [3.8, 4) is 0 Å². The zero-order valence-electron chi connectivity index (χ0n) is 15.1. The van der Waals surface area contributed by atoms with Crippen molar-refractivity contribution in [1.82, 2.24) is 15.6 Å². The third-order valence-electron chi connectivity index (χ3n) is 3.91. The molecule has 2 amide bonds. The number of amides is 2. The highest BCUT2D eigenvalue weighted by Gasteiger charge is 2.19. The van der Waals surface area contributed by atoms with Crippen LogP contribution >= 0.6 is 0 Å². The van der Waals surface area contributed by atoms with Crippen molar-refractivity contribution >= 4 is 30.7 Å². The molecule has 0 bridgehead atoms. The number of halogens is 1. The summed E-state index contributed by atoms with van der Waals surface area (Å²) in [5, 5.41) is 23.7. The maximum atomic E-state index is 13.9. The highest BCUT2D eigenvalue weighted by atomic mass is 19.1. The van der Waals surface area contributed by atoms with Gasteiger partial charge in [-0.15, -0.1) is 0 Å². The smallest absolute Gasteiger partial charge is 0.320 e. The molecule has 0 aliphatic carbocycles. The van der Waals surface area contributed by atoms with Gasteiger partial charge in [-0.25, -0.2) is 10.2 Å². The number of carbonyl (C=O) groups is 3. The van der Waals surface area contributed by atoms with E-state index in [9.17, 15) is 18.8 Å². The molecule has 0 radical (unpaired) electrons. The number of likely N-dealkylation sites (N-methyl/N-ethyl adjacent to an activating group) is 1. The Kier molecular flexibility index (Phi) is 9.41. The molecule has 0 unspecified atom stereocenters. The van der Waals surface area contributed by atoms with E-state index in [1.807, 2.05) is 0 Å². The molecule has 11 heteroatoms. The summed E-state index contributed by atoms with van der Waals surface area (Å²) in [7, 11) is 1.20. The summed E-state index contributed by atoms with van der Waals surface area (Å²) in [6, 6.07) is 2.97. The van der Waals surface area contributed by atoms with Gasteiger partial charge in [0.2, 0.25) is 5.91 Å². The predicted molar refractivity (Wildman–Crippen MR) is 98.0 cm³/mol. The first-order valence-corrected chi connectivity index (χ1v) is 8.42. The molecule has 1 aromatic rings. The number of hydrogen-bond acceptors (Lipinski definition) is 6. The number of nitrogens with two attached hydrogens (primary N) is 1. The summed E-state index contributed by atoms with van der Waals surface area (Å²) in [5.41, 5.74) is 0.0167. The van der Waals surface area contributed by atoms with Crippen LogP contribution in [0.25, 0.3) is 0 Å². The fraction of sp³-hybridized carbons (Fsp3) is 0.438. The summed E-state index contributed by atoms with van der Waals surface area (Å²) in [4.78, 5) is 34.8. The highest BCUT2D eigenvalue weighted by molar-refractivity contribution is 6.45. The van der Waals surface area contributed by atoms with Crippen molar-refractivity contribution < 1.29 is 28.9 Å². The molecule has 1 rings (SSSR count).